The summed E-state index contributed by atoms with van der Waals surface area (Å²) in [4.78, 5) is 5.09. The van der Waals surface area contributed by atoms with Gasteiger partial charge in [0.15, 0.2) is 0 Å². The lowest BCUT2D eigenvalue weighted by Crippen LogP contribution is -2.43. The Balaban J connectivity index is 1.74. The minimum absolute atomic E-state index is 0.186. The summed E-state index contributed by atoms with van der Waals surface area (Å²) >= 11 is 0. The van der Waals surface area contributed by atoms with E-state index in [-0.39, 0.29) is 5.54 Å². The number of ether oxygens (including phenoxy) is 1. The van der Waals surface area contributed by atoms with Crippen molar-refractivity contribution < 1.29 is 4.74 Å². The molecule has 0 spiro atoms. The average molecular weight is 297 g/mol. The maximum Gasteiger partial charge on any atom is 0.0707 e. The van der Waals surface area contributed by atoms with Crippen molar-refractivity contribution in [1.29, 1.82) is 0 Å². The monoisotopic (exact) mass is 297 g/mol. The molecule has 4 nitrogen and oxygen atoms in total. The molecule has 21 heavy (non-hydrogen) atoms. The second kappa shape index (κ2) is 7.40. The summed E-state index contributed by atoms with van der Waals surface area (Å²) < 4.78 is 6.26. The van der Waals surface area contributed by atoms with Gasteiger partial charge in [0, 0.05) is 31.2 Å². The molecule has 2 aliphatic heterocycles. The molecule has 3 unspecified atom stereocenters. The van der Waals surface area contributed by atoms with Gasteiger partial charge in [-0.25, -0.2) is 0 Å². The van der Waals surface area contributed by atoms with E-state index in [1.807, 2.05) is 0 Å². The number of nitrogens with one attached hydrogen (secondary N) is 1. The van der Waals surface area contributed by atoms with Crippen LogP contribution in [0.5, 0.6) is 0 Å². The summed E-state index contributed by atoms with van der Waals surface area (Å²) in [5.74, 6) is 0. The third-order valence-corrected chi connectivity index (χ3v) is 4.68. The fraction of sp³-hybridized carbons (Fsp3) is 1.00. The highest BCUT2D eigenvalue weighted by Crippen LogP contribution is 2.22. The Labute approximate surface area is 131 Å². The molecule has 2 heterocycles. The molecule has 0 aromatic rings. The summed E-state index contributed by atoms with van der Waals surface area (Å²) in [7, 11) is 2.24. The molecule has 4 heteroatoms. The number of nitrogens with zero attached hydrogens (tertiary/aromatic N) is 2. The first-order valence-corrected chi connectivity index (χ1v) is 8.66. The number of likely N-dealkylation sites (N-methyl/N-ethyl adjacent to an activating group) is 1. The van der Waals surface area contributed by atoms with Crippen LogP contribution in [0.15, 0.2) is 0 Å². The number of hydrogen-bond acceptors (Lipinski definition) is 4. The van der Waals surface area contributed by atoms with Gasteiger partial charge in [0.25, 0.3) is 0 Å². The first-order valence-electron chi connectivity index (χ1n) is 8.66. The van der Waals surface area contributed by atoms with E-state index in [0.29, 0.717) is 18.2 Å². The van der Waals surface area contributed by atoms with Gasteiger partial charge in [-0.15, -0.1) is 0 Å². The Kier molecular flexibility index (Phi) is 6.06. The zero-order chi connectivity index (χ0) is 15.5. The maximum absolute atomic E-state index is 6.26. The van der Waals surface area contributed by atoms with Crippen molar-refractivity contribution >= 4 is 0 Å². The zero-order valence-corrected chi connectivity index (χ0v) is 14.7. The van der Waals surface area contributed by atoms with Crippen LogP contribution in [0.4, 0.5) is 0 Å². The molecule has 2 rings (SSSR count). The predicted molar refractivity (Wildman–Crippen MR) is 88.8 cm³/mol. The van der Waals surface area contributed by atoms with Crippen LogP contribution < -0.4 is 5.32 Å². The highest BCUT2D eigenvalue weighted by molar-refractivity contribution is 4.83. The molecule has 124 valence electrons. The van der Waals surface area contributed by atoms with E-state index in [9.17, 15) is 0 Å². The minimum atomic E-state index is 0.186. The lowest BCUT2D eigenvalue weighted by molar-refractivity contribution is 0.0143. The van der Waals surface area contributed by atoms with Crippen molar-refractivity contribution in [3.8, 4) is 0 Å². The fourth-order valence-electron chi connectivity index (χ4n) is 3.44. The van der Waals surface area contributed by atoms with Gasteiger partial charge in [0.2, 0.25) is 0 Å². The van der Waals surface area contributed by atoms with Crippen molar-refractivity contribution in [3.63, 3.8) is 0 Å². The van der Waals surface area contributed by atoms with Crippen LogP contribution in [0, 0.1) is 0 Å². The summed E-state index contributed by atoms with van der Waals surface area (Å²) in [6, 6.07) is 0.646. The Morgan fingerprint density at radius 3 is 2.57 bits per heavy atom. The number of rotatable bonds is 4. The third kappa shape index (κ3) is 5.85. The van der Waals surface area contributed by atoms with Gasteiger partial charge in [-0.1, -0.05) is 0 Å². The Bertz CT molecular complexity index is 316. The van der Waals surface area contributed by atoms with Gasteiger partial charge >= 0.3 is 0 Å². The molecule has 2 saturated heterocycles. The largest absolute Gasteiger partial charge is 0.372 e. The highest BCUT2D eigenvalue weighted by atomic mass is 16.5. The molecule has 0 aromatic carbocycles. The van der Waals surface area contributed by atoms with Crippen LogP contribution in [-0.2, 0) is 4.74 Å². The normalized spacial score (nSPS) is 33.3. The van der Waals surface area contributed by atoms with Crippen molar-refractivity contribution in [3.05, 3.63) is 0 Å². The van der Waals surface area contributed by atoms with Gasteiger partial charge < -0.3 is 15.0 Å². The lowest BCUT2D eigenvalue weighted by atomic mass is 10.1. The second-order valence-corrected chi connectivity index (χ2v) is 8.05. The molecule has 2 fully saturated rings. The number of hydrogen-bond donors (Lipinski definition) is 1. The molecule has 0 amide bonds. The molecule has 0 aliphatic carbocycles. The molecule has 0 bridgehead atoms. The maximum atomic E-state index is 6.26. The Morgan fingerprint density at radius 1 is 1.14 bits per heavy atom. The van der Waals surface area contributed by atoms with Crippen LogP contribution in [0.25, 0.3) is 0 Å². The molecule has 2 aliphatic rings. The molecule has 1 N–H and O–H groups in total. The second-order valence-electron chi connectivity index (χ2n) is 8.05. The van der Waals surface area contributed by atoms with E-state index in [2.05, 4.69) is 49.9 Å². The first kappa shape index (κ1) is 17.2. The van der Waals surface area contributed by atoms with E-state index in [4.69, 9.17) is 4.74 Å². The molecular weight excluding hydrogens is 262 g/mol. The van der Waals surface area contributed by atoms with Crippen LogP contribution in [0.1, 0.15) is 47.0 Å². The van der Waals surface area contributed by atoms with E-state index in [1.165, 1.54) is 38.9 Å². The fourth-order valence-corrected chi connectivity index (χ4v) is 3.44. The van der Waals surface area contributed by atoms with Gasteiger partial charge in [0.1, 0.15) is 0 Å². The van der Waals surface area contributed by atoms with E-state index in [0.717, 1.165) is 13.1 Å². The van der Waals surface area contributed by atoms with E-state index < -0.39 is 0 Å². The summed E-state index contributed by atoms with van der Waals surface area (Å²) in [5, 5.41) is 3.57. The van der Waals surface area contributed by atoms with Crippen molar-refractivity contribution in [2.75, 3.05) is 39.8 Å². The first-order chi connectivity index (χ1) is 9.83. The topological polar surface area (TPSA) is 27.7 Å². The molecule has 0 radical (unpaired) electrons. The van der Waals surface area contributed by atoms with Gasteiger partial charge in [-0.2, -0.15) is 0 Å². The molecule has 3 atom stereocenters. The van der Waals surface area contributed by atoms with Crippen LogP contribution in [-0.4, -0.2) is 73.4 Å². The molecule has 0 aromatic heterocycles. The van der Waals surface area contributed by atoms with Crippen LogP contribution in [0.3, 0.4) is 0 Å². The third-order valence-electron chi connectivity index (χ3n) is 4.68. The van der Waals surface area contributed by atoms with Gasteiger partial charge in [-0.3, -0.25) is 4.90 Å². The summed E-state index contributed by atoms with van der Waals surface area (Å²) in [6.45, 7) is 14.7. The smallest absolute Gasteiger partial charge is 0.0707 e. The Morgan fingerprint density at radius 2 is 1.86 bits per heavy atom. The van der Waals surface area contributed by atoms with Gasteiger partial charge in [0.05, 0.1) is 12.2 Å². The Hall–Kier alpha value is -0.160. The summed E-state index contributed by atoms with van der Waals surface area (Å²) in [6.07, 6.45) is 4.54. The lowest BCUT2D eigenvalue weighted by Gasteiger charge is -2.30. The molecule has 0 saturated carbocycles. The minimum Gasteiger partial charge on any atom is -0.372 e. The van der Waals surface area contributed by atoms with Crippen molar-refractivity contribution in [2.24, 2.45) is 0 Å². The van der Waals surface area contributed by atoms with E-state index in [1.54, 1.807) is 0 Å². The van der Waals surface area contributed by atoms with Crippen molar-refractivity contribution in [2.45, 2.75) is 70.7 Å². The SMILES string of the molecule is CC1CN(C)CCCN1CC1CCC(CNC(C)(C)C)O1. The summed E-state index contributed by atoms with van der Waals surface area (Å²) in [5.41, 5.74) is 0.186. The van der Waals surface area contributed by atoms with Crippen molar-refractivity contribution in [1.82, 2.24) is 15.1 Å². The zero-order valence-electron chi connectivity index (χ0n) is 14.7. The standard InChI is InChI=1S/C17H35N3O/c1-14-12-19(5)9-6-10-20(14)13-16-8-7-15(21-16)11-18-17(2,3)4/h14-16,18H,6-13H2,1-5H3. The molecular formula is C17H35N3O. The van der Waals surface area contributed by atoms with Crippen LogP contribution in [0.2, 0.25) is 0 Å². The average Bonchev–Trinajstić information content (AvgIpc) is 2.75. The van der Waals surface area contributed by atoms with Crippen LogP contribution >= 0.6 is 0 Å². The van der Waals surface area contributed by atoms with E-state index >= 15 is 0 Å². The quantitative estimate of drug-likeness (QED) is 0.858. The predicted octanol–water partition coefficient (Wildman–Crippen LogP) is 1.95. The highest BCUT2D eigenvalue weighted by Gasteiger charge is 2.29. The van der Waals surface area contributed by atoms with Gasteiger partial charge in [-0.05, 0) is 67.1 Å².